The maximum Gasteiger partial charge on any atom is 0.319 e. The molecule has 2 amide bonds. The highest BCUT2D eigenvalue weighted by atomic mass is 35.5. The van der Waals surface area contributed by atoms with Crippen LogP contribution in [0.2, 0.25) is 10.0 Å². The van der Waals surface area contributed by atoms with E-state index in [1.165, 1.54) is 5.56 Å². The summed E-state index contributed by atoms with van der Waals surface area (Å²) in [5.41, 5.74) is 1.74. The monoisotopic (exact) mass is 477 g/mol. The molecule has 2 N–H and O–H groups in total. The van der Waals surface area contributed by atoms with Crippen molar-refractivity contribution in [2.24, 2.45) is 0 Å². The van der Waals surface area contributed by atoms with E-state index in [9.17, 15) is 4.79 Å². The SMILES string of the molecule is COc1ccc(C23CCC(NC(=O)Nc4c(Cl)cccc4Cl)CC2N(C)CC3)cc1OC. The van der Waals surface area contributed by atoms with Crippen LogP contribution in [0.1, 0.15) is 31.2 Å². The first kappa shape index (κ1) is 23.0. The van der Waals surface area contributed by atoms with Crippen LogP contribution < -0.4 is 20.1 Å². The number of nitrogens with zero attached hydrogens (tertiary/aromatic N) is 1. The summed E-state index contributed by atoms with van der Waals surface area (Å²) in [7, 11) is 5.49. The van der Waals surface area contributed by atoms with Crippen molar-refractivity contribution in [3.05, 3.63) is 52.0 Å². The van der Waals surface area contributed by atoms with Gasteiger partial charge >= 0.3 is 6.03 Å². The van der Waals surface area contributed by atoms with Gasteiger partial charge in [-0.15, -0.1) is 0 Å². The molecule has 2 fully saturated rings. The Bertz CT molecular complexity index is 982. The standard InChI is InChI=1S/C24H29Cl2N3O3/c1-29-12-11-24(15-7-8-19(31-2)20(13-15)32-3)10-9-16(14-21(24)29)27-23(30)28-22-17(25)5-4-6-18(22)26/h4-8,13,16,21H,9-12,14H2,1-3H3,(H2,27,28,30). The molecule has 2 aliphatic rings. The predicted molar refractivity (Wildman–Crippen MR) is 129 cm³/mol. The maximum absolute atomic E-state index is 12.7. The third-order valence-corrected chi connectivity index (χ3v) is 7.65. The van der Waals surface area contributed by atoms with E-state index >= 15 is 0 Å². The second-order valence-electron chi connectivity index (χ2n) is 8.64. The van der Waals surface area contributed by atoms with Gasteiger partial charge in [0.15, 0.2) is 11.5 Å². The number of urea groups is 1. The number of likely N-dealkylation sites (tertiary alicyclic amines) is 1. The Labute approximate surface area is 199 Å². The molecule has 0 aromatic heterocycles. The molecule has 0 radical (unpaired) electrons. The highest BCUT2D eigenvalue weighted by Crippen LogP contribution is 2.49. The quantitative estimate of drug-likeness (QED) is 0.610. The lowest BCUT2D eigenvalue weighted by Gasteiger charge is -2.45. The van der Waals surface area contributed by atoms with Gasteiger partial charge in [0, 0.05) is 17.5 Å². The summed E-state index contributed by atoms with van der Waals surface area (Å²) in [6.07, 6.45) is 3.82. The van der Waals surface area contributed by atoms with Gasteiger partial charge in [0.2, 0.25) is 0 Å². The topological polar surface area (TPSA) is 62.8 Å². The normalized spacial score (nSPS) is 25.2. The Morgan fingerprint density at radius 3 is 2.50 bits per heavy atom. The minimum atomic E-state index is -0.288. The van der Waals surface area contributed by atoms with Gasteiger partial charge in [-0.3, -0.25) is 0 Å². The molecule has 1 aliphatic carbocycles. The number of amides is 2. The highest BCUT2D eigenvalue weighted by molar-refractivity contribution is 6.39. The zero-order valence-corrected chi connectivity index (χ0v) is 20.1. The Balaban J connectivity index is 1.50. The van der Waals surface area contributed by atoms with Crippen molar-refractivity contribution in [1.29, 1.82) is 0 Å². The van der Waals surface area contributed by atoms with Crippen LogP contribution in [-0.4, -0.2) is 50.8 Å². The summed E-state index contributed by atoms with van der Waals surface area (Å²) in [5, 5.41) is 6.77. The molecule has 3 atom stereocenters. The van der Waals surface area contributed by atoms with Crippen LogP contribution in [-0.2, 0) is 5.41 Å². The molecular formula is C24H29Cl2N3O3. The van der Waals surface area contributed by atoms with Crippen LogP contribution in [0.15, 0.2) is 36.4 Å². The molecule has 0 bridgehead atoms. The highest BCUT2D eigenvalue weighted by Gasteiger charge is 2.50. The van der Waals surface area contributed by atoms with Crippen molar-refractivity contribution in [1.82, 2.24) is 10.2 Å². The predicted octanol–water partition coefficient (Wildman–Crippen LogP) is 5.33. The maximum atomic E-state index is 12.7. The van der Waals surface area contributed by atoms with Gasteiger partial charge in [-0.25, -0.2) is 4.79 Å². The number of hydrogen-bond donors (Lipinski definition) is 2. The van der Waals surface area contributed by atoms with Crippen molar-refractivity contribution < 1.29 is 14.3 Å². The number of carbonyl (C=O) groups is 1. The van der Waals surface area contributed by atoms with Gasteiger partial charge in [0.25, 0.3) is 0 Å². The third kappa shape index (κ3) is 4.24. The molecule has 1 aliphatic heterocycles. The summed E-state index contributed by atoms with van der Waals surface area (Å²) in [4.78, 5) is 15.1. The van der Waals surface area contributed by atoms with E-state index in [1.807, 2.05) is 6.07 Å². The molecule has 1 saturated carbocycles. The van der Waals surface area contributed by atoms with E-state index < -0.39 is 0 Å². The first-order valence-electron chi connectivity index (χ1n) is 10.8. The van der Waals surface area contributed by atoms with E-state index in [0.717, 1.165) is 43.7 Å². The summed E-state index contributed by atoms with van der Waals surface area (Å²) in [5.74, 6) is 1.49. The van der Waals surface area contributed by atoms with Crippen LogP contribution in [0.3, 0.4) is 0 Å². The minimum absolute atomic E-state index is 0.0367. The molecule has 4 rings (SSSR count). The van der Waals surface area contributed by atoms with Gasteiger partial charge in [0.05, 0.1) is 30.0 Å². The first-order valence-corrected chi connectivity index (χ1v) is 11.6. The lowest BCUT2D eigenvalue weighted by Crippen LogP contribution is -2.52. The average Bonchev–Trinajstić information content (AvgIpc) is 3.13. The van der Waals surface area contributed by atoms with Crippen molar-refractivity contribution >= 4 is 34.9 Å². The molecule has 6 nitrogen and oxygen atoms in total. The smallest absolute Gasteiger partial charge is 0.319 e. The molecular weight excluding hydrogens is 449 g/mol. The van der Waals surface area contributed by atoms with E-state index in [4.69, 9.17) is 32.7 Å². The Kier molecular flexibility index (Phi) is 6.75. The Morgan fingerprint density at radius 2 is 1.81 bits per heavy atom. The molecule has 1 heterocycles. The number of halogens is 2. The summed E-state index contributed by atoms with van der Waals surface area (Å²) < 4.78 is 11.0. The van der Waals surface area contributed by atoms with Crippen LogP contribution >= 0.6 is 23.2 Å². The number of anilines is 1. The van der Waals surface area contributed by atoms with Gasteiger partial charge in [-0.05, 0) is 69.1 Å². The van der Waals surface area contributed by atoms with E-state index in [2.05, 4.69) is 34.7 Å². The Morgan fingerprint density at radius 1 is 1.09 bits per heavy atom. The van der Waals surface area contributed by atoms with Crippen molar-refractivity contribution in [2.75, 3.05) is 33.1 Å². The van der Waals surface area contributed by atoms with E-state index in [0.29, 0.717) is 21.8 Å². The fraction of sp³-hybridized carbons (Fsp3) is 0.458. The Hall–Kier alpha value is -2.15. The fourth-order valence-electron chi connectivity index (χ4n) is 5.35. The molecule has 2 aromatic carbocycles. The summed E-state index contributed by atoms with van der Waals surface area (Å²) in [6, 6.07) is 11.5. The number of likely N-dealkylation sites (N-methyl/N-ethyl adjacent to an activating group) is 1. The van der Waals surface area contributed by atoms with Crippen molar-refractivity contribution in [3.63, 3.8) is 0 Å². The average molecular weight is 478 g/mol. The number of hydrogen-bond acceptors (Lipinski definition) is 4. The number of fused-ring (bicyclic) bond motifs is 1. The van der Waals surface area contributed by atoms with E-state index in [-0.39, 0.29) is 17.5 Å². The largest absolute Gasteiger partial charge is 0.493 e. The fourth-order valence-corrected chi connectivity index (χ4v) is 5.84. The first-order chi connectivity index (χ1) is 15.4. The van der Waals surface area contributed by atoms with Gasteiger partial charge in [0.1, 0.15) is 0 Å². The summed E-state index contributed by atoms with van der Waals surface area (Å²) >= 11 is 12.4. The molecule has 3 unspecified atom stereocenters. The zero-order valence-electron chi connectivity index (χ0n) is 18.6. The van der Waals surface area contributed by atoms with Crippen LogP contribution in [0.4, 0.5) is 10.5 Å². The zero-order chi connectivity index (χ0) is 22.9. The van der Waals surface area contributed by atoms with E-state index in [1.54, 1.807) is 32.4 Å². The molecule has 0 spiro atoms. The number of carbonyl (C=O) groups excluding carboxylic acids is 1. The number of benzene rings is 2. The molecule has 32 heavy (non-hydrogen) atoms. The minimum Gasteiger partial charge on any atom is -0.493 e. The second-order valence-corrected chi connectivity index (χ2v) is 9.45. The van der Waals surface area contributed by atoms with Crippen LogP contribution in [0.25, 0.3) is 0 Å². The van der Waals surface area contributed by atoms with Gasteiger partial charge < -0.3 is 25.0 Å². The number of nitrogens with one attached hydrogen (secondary N) is 2. The van der Waals surface area contributed by atoms with Gasteiger partial charge in [-0.2, -0.15) is 0 Å². The lowest BCUT2D eigenvalue weighted by molar-refractivity contribution is 0.156. The van der Waals surface area contributed by atoms with Crippen molar-refractivity contribution in [2.45, 2.75) is 43.2 Å². The van der Waals surface area contributed by atoms with Gasteiger partial charge in [-0.1, -0.05) is 35.3 Å². The molecule has 172 valence electrons. The number of methoxy groups -OCH3 is 2. The number of ether oxygens (including phenoxy) is 2. The van der Waals surface area contributed by atoms with Crippen LogP contribution in [0, 0.1) is 0 Å². The second kappa shape index (κ2) is 9.38. The molecule has 1 saturated heterocycles. The molecule has 2 aromatic rings. The third-order valence-electron chi connectivity index (χ3n) is 7.02. The summed E-state index contributed by atoms with van der Waals surface area (Å²) in [6.45, 7) is 1.02. The lowest BCUT2D eigenvalue weighted by atomic mass is 9.65. The number of rotatable bonds is 5. The van der Waals surface area contributed by atoms with Crippen molar-refractivity contribution in [3.8, 4) is 11.5 Å². The number of para-hydroxylation sites is 1. The van der Waals surface area contributed by atoms with Crippen LogP contribution in [0.5, 0.6) is 11.5 Å². The molecule has 8 heteroatoms.